The zero-order valence-corrected chi connectivity index (χ0v) is 17.3. The van der Waals surface area contributed by atoms with Gasteiger partial charge in [0.15, 0.2) is 0 Å². The second-order valence-electron chi connectivity index (χ2n) is 7.75. The monoisotopic (exact) mass is 412 g/mol. The molecule has 152 valence electrons. The van der Waals surface area contributed by atoms with Gasteiger partial charge in [0, 0.05) is 37.9 Å². The number of likely N-dealkylation sites (tertiary alicyclic amines) is 1. The van der Waals surface area contributed by atoms with Crippen LogP contribution < -0.4 is 10.2 Å². The van der Waals surface area contributed by atoms with Gasteiger partial charge in [0.1, 0.15) is 0 Å². The molecule has 2 aromatic rings. The first-order valence-corrected chi connectivity index (χ1v) is 10.4. The van der Waals surface area contributed by atoms with Crippen molar-refractivity contribution in [2.24, 2.45) is 5.92 Å². The lowest BCUT2D eigenvalue weighted by atomic mass is 9.97. The van der Waals surface area contributed by atoms with Gasteiger partial charge in [-0.2, -0.15) is 0 Å². The van der Waals surface area contributed by atoms with Gasteiger partial charge in [0.05, 0.1) is 28.9 Å². The van der Waals surface area contributed by atoms with Crippen molar-refractivity contribution >= 4 is 29.1 Å². The number of nitrogens with one attached hydrogen (secondary N) is 1. The van der Waals surface area contributed by atoms with Gasteiger partial charge in [-0.05, 0) is 49.6 Å². The van der Waals surface area contributed by atoms with Crippen molar-refractivity contribution in [1.29, 1.82) is 0 Å². The third-order valence-corrected chi connectivity index (χ3v) is 6.05. The van der Waals surface area contributed by atoms with E-state index >= 15 is 0 Å². The van der Waals surface area contributed by atoms with Gasteiger partial charge in [0.2, 0.25) is 5.91 Å². The number of rotatable bonds is 5. The van der Waals surface area contributed by atoms with Gasteiger partial charge in [-0.25, -0.2) is 0 Å². The fourth-order valence-corrected chi connectivity index (χ4v) is 4.09. The van der Waals surface area contributed by atoms with Gasteiger partial charge in [-0.3, -0.25) is 14.6 Å². The van der Waals surface area contributed by atoms with E-state index in [2.05, 4.69) is 15.2 Å². The summed E-state index contributed by atoms with van der Waals surface area (Å²) in [4.78, 5) is 33.4. The van der Waals surface area contributed by atoms with Crippen molar-refractivity contribution in [2.75, 3.05) is 31.1 Å². The summed E-state index contributed by atoms with van der Waals surface area (Å²) in [6.07, 6.45) is 4.02. The molecule has 7 heteroatoms. The van der Waals surface area contributed by atoms with Crippen LogP contribution in [0, 0.1) is 12.8 Å². The molecular weight excluding hydrogens is 388 g/mol. The largest absolute Gasteiger partial charge is 0.370 e. The Morgan fingerprint density at radius 1 is 1.21 bits per heavy atom. The Balaban J connectivity index is 1.32. The Labute approximate surface area is 175 Å². The van der Waals surface area contributed by atoms with Crippen LogP contribution >= 0.6 is 11.6 Å². The summed E-state index contributed by atoms with van der Waals surface area (Å²) in [5.74, 6) is -0.256. The summed E-state index contributed by atoms with van der Waals surface area (Å²) in [6.45, 7) is 5.20. The van der Waals surface area contributed by atoms with Gasteiger partial charge in [-0.15, -0.1) is 0 Å². The van der Waals surface area contributed by atoms with E-state index in [0.29, 0.717) is 30.2 Å². The van der Waals surface area contributed by atoms with Crippen LogP contribution in [0.5, 0.6) is 0 Å². The molecule has 0 unspecified atom stereocenters. The van der Waals surface area contributed by atoms with Crippen LogP contribution in [0.1, 0.15) is 34.5 Å². The molecule has 0 saturated carbocycles. The summed E-state index contributed by atoms with van der Waals surface area (Å²) in [7, 11) is 0. The molecule has 1 aromatic carbocycles. The molecule has 2 aliphatic heterocycles. The number of aromatic nitrogens is 1. The van der Waals surface area contributed by atoms with Crippen LogP contribution in [0.4, 0.5) is 5.69 Å². The molecule has 0 bridgehead atoms. The van der Waals surface area contributed by atoms with E-state index in [1.54, 1.807) is 23.2 Å². The first-order chi connectivity index (χ1) is 14.0. The smallest absolute Gasteiger partial charge is 0.253 e. The second kappa shape index (κ2) is 8.41. The first-order valence-electron chi connectivity index (χ1n) is 10.0. The molecule has 0 atom stereocenters. The quantitative estimate of drug-likeness (QED) is 0.819. The highest BCUT2D eigenvalue weighted by Gasteiger charge is 2.36. The molecular formula is C22H25ClN4O2. The van der Waals surface area contributed by atoms with Gasteiger partial charge in [0.25, 0.3) is 5.91 Å². The van der Waals surface area contributed by atoms with Crippen molar-refractivity contribution in [3.05, 3.63) is 58.4 Å². The molecule has 0 aliphatic carbocycles. The molecule has 2 aliphatic rings. The Bertz CT molecular complexity index is 921. The summed E-state index contributed by atoms with van der Waals surface area (Å²) in [6, 6.07) is 9.29. The number of carbonyl (C=O) groups excluding carboxylic acids is 2. The molecule has 2 amide bonds. The van der Waals surface area contributed by atoms with E-state index in [0.717, 1.165) is 42.9 Å². The average Bonchev–Trinajstić information content (AvgIpc) is 3.21. The number of anilines is 1. The molecule has 3 heterocycles. The van der Waals surface area contributed by atoms with E-state index in [1.165, 1.54) is 0 Å². The maximum absolute atomic E-state index is 12.8. The van der Waals surface area contributed by atoms with Crippen LogP contribution in [0.3, 0.4) is 0 Å². The number of nitrogens with zero attached hydrogens (tertiary/aromatic N) is 3. The maximum atomic E-state index is 12.8. The minimum atomic E-state index is -0.173. The van der Waals surface area contributed by atoms with E-state index in [1.807, 2.05) is 25.1 Å². The number of aryl methyl sites for hydroxylation is 1. The van der Waals surface area contributed by atoms with Gasteiger partial charge >= 0.3 is 0 Å². The van der Waals surface area contributed by atoms with Gasteiger partial charge in [-0.1, -0.05) is 17.7 Å². The predicted octanol–water partition coefficient (Wildman–Crippen LogP) is 3.03. The van der Waals surface area contributed by atoms with Crippen molar-refractivity contribution < 1.29 is 9.59 Å². The Morgan fingerprint density at radius 3 is 2.69 bits per heavy atom. The summed E-state index contributed by atoms with van der Waals surface area (Å²) >= 11 is 6.34. The average molecular weight is 413 g/mol. The molecule has 0 spiro atoms. The fourth-order valence-electron chi connectivity index (χ4n) is 3.86. The Morgan fingerprint density at radius 2 is 1.97 bits per heavy atom. The number of amides is 2. The highest BCUT2D eigenvalue weighted by Crippen LogP contribution is 2.31. The number of hydrogen-bond donors (Lipinski definition) is 1. The molecule has 1 N–H and O–H groups in total. The standard InChI is InChI=1S/C22H25ClN4O2/c1-15-5-4-8-24-19(15)12-25-21(28)17-13-27(14-17)22(29)16-6-7-18(23)20(11-16)26-9-2-3-10-26/h4-8,11,17H,2-3,9-10,12-14H2,1H3,(H,25,28). The van der Waals surface area contributed by atoms with Gasteiger partial charge < -0.3 is 15.1 Å². The van der Waals surface area contributed by atoms with E-state index in [4.69, 9.17) is 11.6 Å². The van der Waals surface area contributed by atoms with E-state index in [-0.39, 0.29) is 17.7 Å². The lowest BCUT2D eigenvalue weighted by molar-refractivity contribution is -0.129. The molecule has 4 rings (SSSR count). The highest BCUT2D eigenvalue weighted by atomic mass is 35.5. The molecule has 29 heavy (non-hydrogen) atoms. The van der Waals surface area contributed by atoms with Crippen molar-refractivity contribution in [3.8, 4) is 0 Å². The van der Waals surface area contributed by atoms with Crippen LogP contribution in [-0.4, -0.2) is 47.9 Å². The van der Waals surface area contributed by atoms with Crippen LogP contribution in [0.2, 0.25) is 5.02 Å². The zero-order chi connectivity index (χ0) is 20.4. The van der Waals surface area contributed by atoms with Crippen molar-refractivity contribution in [3.63, 3.8) is 0 Å². The van der Waals surface area contributed by atoms with Crippen molar-refractivity contribution in [1.82, 2.24) is 15.2 Å². The number of benzene rings is 1. The number of carbonyl (C=O) groups is 2. The zero-order valence-electron chi connectivity index (χ0n) is 16.5. The molecule has 0 radical (unpaired) electrons. The molecule has 1 aromatic heterocycles. The molecule has 2 fully saturated rings. The third-order valence-electron chi connectivity index (χ3n) is 5.73. The van der Waals surface area contributed by atoms with Crippen LogP contribution in [-0.2, 0) is 11.3 Å². The number of pyridine rings is 1. The summed E-state index contributed by atoms with van der Waals surface area (Å²) < 4.78 is 0. The Kier molecular flexibility index (Phi) is 5.72. The van der Waals surface area contributed by atoms with E-state index in [9.17, 15) is 9.59 Å². The fraction of sp³-hybridized carbons (Fsp3) is 0.409. The topological polar surface area (TPSA) is 65.5 Å². The van der Waals surface area contributed by atoms with Crippen LogP contribution in [0.15, 0.2) is 36.5 Å². The second-order valence-corrected chi connectivity index (χ2v) is 8.16. The number of hydrogen-bond acceptors (Lipinski definition) is 4. The van der Waals surface area contributed by atoms with Crippen molar-refractivity contribution in [2.45, 2.75) is 26.3 Å². The Hall–Kier alpha value is -2.60. The SMILES string of the molecule is Cc1cccnc1CNC(=O)C1CN(C(=O)c2ccc(Cl)c(N3CCCC3)c2)C1. The molecule has 6 nitrogen and oxygen atoms in total. The van der Waals surface area contributed by atoms with Crippen LogP contribution in [0.25, 0.3) is 0 Å². The minimum absolute atomic E-state index is 0.0343. The normalized spacial score (nSPS) is 16.6. The predicted molar refractivity (Wildman–Crippen MR) is 113 cm³/mol. The lowest BCUT2D eigenvalue weighted by Crippen LogP contribution is -2.55. The third kappa shape index (κ3) is 4.22. The van der Waals surface area contributed by atoms with E-state index < -0.39 is 0 Å². The summed E-state index contributed by atoms with van der Waals surface area (Å²) in [5, 5.41) is 3.61. The maximum Gasteiger partial charge on any atom is 0.253 e. The molecule has 2 saturated heterocycles. The number of halogens is 1. The minimum Gasteiger partial charge on any atom is -0.370 e. The first kappa shape index (κ1) is 19.7. The highest BCUT2D eigenvalue weighted by molar-refractivity contribution is 6.33. The summed E-state index contributed by atoms with van der Waals surface area (Å²) in [5.41, 5.74) is 3.47. The lowest BCUT2D eigenvalue weighted by Gasteiger charge is -2.38.